The van der Waals surface area contributed by atoms with E-state index in [2.05, 4.69) is 47.3 Å². The van der Waals surface area contributed by atoms with Crippen molar-refractivity contribution in [2.24, 2.45) is 39.9 Å². The van der Waals surface area contributed by atoms with Gasteiger partial charge in [0.25, 0.3) is 0 Å². The SMILES string of the molecule is C=C(C)[C@@H]1CC[C@@H]2C(=CC[C@]3(C)C([C@H](C)CCC=C(C)C(=O)O)CC[C@@]23C)[C@@]1(C)CCC(=O)OC. The molecule has 3 aliphatic carbocycles. The van der Waals surface area contributed by atoms with Gasteiger partial charge in [0.05, 0.1) is 7.11 Å². The second-order valence-electron chi connectivity index (χ2n) is 12.6. The van der Waals surface area contributed by atoms with Crippen molar-refractivity contribution in [3.05, 3.63) is 35.5 Å². The molecular formula is C31H48O4. The third kappa shape index (κ3) is 4.79. The second kappa shape index (κ2) is 10.3. The Kier molecular flexibility index (Phi) is 8.13. The Bertz CT molecular complexity index is 913. The van der Waals surface area contributed by atoms with E-state index in [1.54, 1.807) is 12.5 Å². The summed E-state index contributed by atoms with van der Waals surface area (Å²) in [5.41, 5.74) is 3.70. The number of carboxylic acids is 1. The van der Waals surface area contributed by atoms with Crippen LogP contribution < -0.4 is 0 Å². The van der Waals surface area contributed by atoms with E-state index >= 15 is 0 Å². The first-order valence-electron chi connectivity index (χ1n) is 13.6. The summed E-state index contributed by atoms with van der Waals surface area (Å²) in [4.78, 5) is 23.3. The summed E-state index contributed by atoms with van der Waals surface area (Å²) in [5.74, 6) is 1.22. The number of carbonyl (C=O) groups excluding carboxylic acids is 1. The first-order chi connectivity index (χ1) is 16.3. The van der Waals surface area contributed by atoms with E-state index in [0.717, 1.165) is 32.1 Å². The number of carboxylic acid groups (broad SMARTS) is 1. The number of hydrogen-bond donors (Lipinski definition) is 1. The predicted molar refractivity (Wildman–Crippen MR) is 142 cm³/mol. The summed E-state index contributed by atoms with van der Waals surface area (Å²) >= 11 is 0. The van der Waals surface area contributed by atoms with E-state index in [9.17, 15) is 14.7 Å². The highest BCUT2D eigenvalue weighted by atomic mass is 16.5. The molecule has 2 fully saturated rings. The largest absolute Gasteiger partial charge is 0.478 e. The standard InChI is InChI=1S/C31H48O4/c1-20(2)23-12-13-26-25(29(23,5)17-16-27(32)35-8)15-19-30(6)24(14-18-31(26,30)7)21(3)10-9-11-22(4)28(33)34/h11,15,21,23-24,26H,1,9-10,12-14,16-19H2,2-8H3,(H,33,34)/t21-,23+,24?,26-,29+,30-,31+/m1/s1. The minimum Gasteiger partial charge on any atom is -0.478 e. The van der Waals surface area contributed by atoms with Crippen LogP contribution in [0, 0.1) is 39.9 Å². The zero-order valence-corrected chi connectivity index (χ0v) is 23.2. The van der Waals surface area contributed by atoms with Crippen LogP contribution in [-0.4, -0.2) is 24.2 Å². The molecule has 4 nitrogen and oxygen atoms in total. The van der Waals surface area contributed by atoms with Gasteiger partial charge >= 0.3 is 11.9 Å². The Balaban J connectivity index is 1.88. The van der Waals surface area contributed by atoms with E-state index in [0.29, 0.717) is 35.7 Å². The van der Waals surface area contributed by atoms with Gasteiger partial charge < -0.3 is 9.84 Å². The molecular weight excluding hydrogens is 436 g/mol. The van der Waals surface area contributed by atoms with Gasteiger partial charge in [0.1, 0.15) is 0 Å². The van der Waals surface area contributed by atoms with Gasteiger partial charge in [-0.25, -0.2) is 4.79 Å². The lowest BCUT2D eigenvalue weighted by molar-refractivity contribution is -0.141. The Morgan fingerprint density at radius 3 is 2.49 bits per heavy atom. The van der Waals surface area contributed by atoms with E-state index in [-0.39, 0.29) is 22.2 Å². The van der Waals surface area contributed by atoms with Crippen molar-refractivity contribution in [1.29, 1.82) is 0 Å². The molecule has 0 heterocycles. The van der Waals surface area contributed by atoms with Crippen LogP contribution in [0.25, 0.3) is 0 Å². The maximum atomic E-state index is 12.1. The molecule has 0 spiro atoms. The molecule has 7 atom stereocenters. The summed E-state index contributed by atoms with van der Waals surface area (Å²) < 4.78 is 5.01. The van der Waals surface area contributed by atoms with Crippen molar-refractivity contribution in [3.8, 4) is 0 Å². The van der Waals surface area contributed by atoms with Gasteiger partial charge in [0.15, 0.2) is 0 Å². The summed E-state index contributed by atoms with van der Waals surface area (Å²) in [6.07, 6.45) is 13.5. The quantitative estimate of drug-likeness (QED) is 0.206. The molecule has 1 N–H and O–H groups in total. The number of rotatable bonds is 9. The molecule has 35 heavy (non-hydrogen) atoms. The minimum atomic E-state index is -0.816. The third-order valence-corrected chi connectivity index (χ3v) is 10.9. The average Bonchev–Trinajstić information content (AvgIpc) is 3.08. The maximum Gasteiger partial charge on any atom is 0.330 e. The molecule has 0 aromatic heterocycles. The fraction of sp³-hybridized carbons (Fsp3) is 0.742. The molecule has 1 unspecified atom stereocenters. The van der Waals surface area contributed by atoms with Crippen molar-refractivity contribution < 1.29 is 19.4 Å². The number of esters is 1. The van der Waals surface area contributed by atoms with Gasteiger partial charge in [-0.15, -0.1) is 0 Å². The van der Waals surface area contributed by atoms with Gasteiger partial charge in [-0.3, -0.25) is 4.79 Å². The Hall–Kier alpha value is -1.84. The first-order valence-corrected chi connectivity index (χ1v) is 13.6. The maximum absolute atomic E-state index is 12.1. The molecule has 0 aliphatic heterocycles. The number of ether oxygens (including phenoxy) is 1. The van der Waals surface area contributed by atoms with E-state index in [1.807, 2.05) is 6.08 Å². The van der Waals surface area contributed by atoms with E-state index in [4.69, 9.17) is 4.74 Å². The highest BCUT2D eigenvalue weighted by Gasteiger charge is 2.63. The topological polar surface area (TPSA) is 63.6 Å². The monoisotopic (exact) mass is 484 g/mol. The molecule has 0 saturated heterocycles. The van der Waals surface area contributed by atoms with Crippen LogP contribution in [0.3, 0.4) is 0 Å². The highest BCUT2D eigenvalue weighted by Crippen LogP contribution is 2.71. The van der Waals surface area contributed by atoms with Crippen molar-refractivity contribution in [2.75, 3.05) is 7.11 Å². The smallest absolute Gasteiger partial charge is 0.330 e. The van der Waals surface area contributed by atoms with Crippen LogP contribution in [0.5, 0.6) is 0 Å². The molecule has 0 aromatic carbocycles. The lowest BCUT2D eigenvalue weighted by atomic mass is 9.44. The summed E-state index contributed by atoms with van der Waals surface area (Å²) in [5, 5.41) is 9.17. The molecule has 0 aromatic rings. The average molecular weight is 485 g/mol. The van der Waals surface area contributed by atoms with Crippen molar-refractivity contribution in [3.63, 3.8) is 0 Å². The lowest BCUT2D eigenvalue weighted by Crippen LogP contribution is -2.52. The lowest BCUT2D eigenvalue weighted by Gasteiger charge is -2.60. The Morgan fingerprint density at radius 2 is 1.89 bits per heavy atom. The molecule has 2 saturated carbocycles. The van der Waals surface area contributed by atoms with Crippen LogP contribution in [0.4, 0.5) is 0 Å². The number of hydrogen-bond acceptors (Lipinski definition) is 3. The van der Waals surface area contributed by atoms with Gasteiger partial charge in [-0.05, 0) is 105 Å². The summed E-state index contributed by atoms with van der Waals surface area (Å²) in [7, 11) is 1.48. The van der Waals surface area contributed by atoms with Crippen molar-refractivity contribution in [1.82, 2.24) is 0 Å². The van der Waals surface area contributed by atoms with Gasteiger partial charge in [0.2, 0.25) is 0 Å². The summed E-state index contributed by atoms with van der Waals surface area (Å²) in [6.45, 7) is 18.0. The molecule has 0 radical (unpaired) electrons. The number of allylic oxidation sites excluding steroid dienone is 4. The van der Waals surface area contributed by atoms with Crippen LogP contribution in [0.1, 0.15) is 99.3 Å². The van der Waals surface area contributed by atoms with E-state index in [1.165, 1.54) is 31.9 Å². The number of fused-ring (bicyclic) bond motifs is 3. The predicted octanol–water partition coefficient (Wildman–Crippen LogP) is 7.75. The van der Waals surface area contributed by atoms with Crippen LogP contribution in [0.15, 0.2) is 35.5 Å². The van der Waals surface area contributed by atoms with E-state index < -0.39 is 5.97 Å². The number of carbonyl (C=O) groups is 2. The second-order valence-corrected chi connectivity index (χ2v) is 12.6. The van der Waals surface area contributed by atoms with Gasteiger partial charge in [-0.1, -0.05) is 57.6 Å². The number of aliphatic carboxylic acids is 1. The normalized spacial score (nSPS) is 37.6. The molecule has 0 bridgehead atoms. The zero-order valence-electron chi connectivity index (χ0n) is 23.2. The van der Waals surface area contributed by atoms with Crippen LogP contribution >= 0.6 is 0 Å². The fourth-order valence-electron chi connectivity index (χ4n) is 8.54. The molecule has 0 amide bonds. The molecule has 196 valence electrons. The summed E-state index contributed by atoms with van der Waals surface area (Å²) in [6, 6.07) is 0. The minimum absolute atomic E-state index is 0.0455. The van der Waals surface area contributed by atoms with Gasteiger partial charge in [0, 0.05) is 12.0 Å². The zero-order chi connectivity index (χ0) is 26.2. The molecule has 3 aliphatic rings. The fourth-order valence-corrected chi connectivity index (χ4v) is 8.54. The molecule has 4 heteroatoms. The first kappa shape index (κ1) is 27.7. The molecule has 3 rings (SSSR count). The van der Waals surface area contributed by atoms with Crippen molar-refractivity contribution >= 4 is 11.9 Å². The highest BCUT2D eigenvalue weighted by molar-refractivity contribution is 5.85. The van der Waals surface area contributed by atoms with Gasteiger partial charge in [-0.2, -0.15) is 0 Å². The van der Waals surface area contributed by atoms with Crippen LogP contribution in [-0.2, 0) is 14.3 Å². The van der Waals surface area contributed by atoms with Crippen LogP contribution in [0.2, 0.25) is 0 Å². The van der Waals surface area contributed by atoms with Crippen molar-refractivity contribution in [2.45, 2.75) is 99.3 Å². The Labute approximate surface area is 213 Å². The Morgan fingerprint density at radius 1 is 1.20 bits per heavy atom. The third-order valence-electron chi connectivity index (χ3n) is 10.9. The number of methoxy groups -OCH3 is 1.